The van der Waals surface area contributed by atoms with Gasteiger partial charge in [0.25, 0.3) is 0 Å². The van der Waals surface area contributed by atoms with Gasteiger partial charge in [0, 0.05) is 30.5 Å². The number of thiazole rings is 1. The highest BCUT2D eigenvalue weighted by molar-refractivity contribution is 7.09. The lowest BCUT2D eigenvalue weighted by molar-refractivity contribution is -0.121. The van der Waals surface area contributed by atoms with Crippen LogP contribution in [-0.4, -0.2) is 17.4 Å². The maximum absolute atomic E-state index is 13.4. The molecule has 0 saturated carbocycles. The van der Waals surface area contributed by atoms with E-state index in [1.54, 1.807) is 29.5 Å². The summed E-state index contributed by atoms with van der Waals surface area (Å²) in [6, 6.07) is 6.55. The fourth-order valence-electron chi connectivity index (χ4n) is 1.86. The average Bonchev–Trinajstić information content (AvgIpc) is 2.83. The molecule has 5 heteroatoms. The molecular formula is C15H17FN2OS. The van der Waals surface area contributed by atoms with Gasteiger partial charge in [-0.15, -0.1) is 11.3 Å². The van der Waals surface area contributed by atoms with E-state index >= 15 is 0 Å². The predicted molar refractivity (Wildman–Crippen MR) is 78.3 cm³/mol. The number of rotatable bonds is 6. The van der Waals surface area contributed by atoms with Crippen LogP contribution in [0.4, 0.5) is 4.39 Å². The molecule has 0 aliphatic carbocycles. The molecule has 1 N–H and O–H groups in total. The number of aromatic nitrogens is 1. The second kappa shape index (κ2) is 7.14. The Hall–Kier alpha value is -1.75. The maximum Gasteiger partial charge on any atom is 0.220 e. The van der Waals surface area contributed by atoms with Gasteiger partial charge in [0.2, 0.25) is 5.91 Å². The highest BCUT2D eigenvalue weighted by Crippen LogP contribution is 2.10. The monoisotopic (exact) mass is 292 g/mol. The summed E-state index contributed by atoms with van der Waals surface area (Å²) >= 11 is 1.60. The number of benzene rings is 1. The summed E-state index contributed by atoms with van der Waals surface area (Å²) in [5.74, 6) is -0.305. The number of hydrogen-bond acceptors (Lipinski definition) is 3. The normalized spacial score (nSPS) is 10.5. The van der Waals surface area contributed by atoms with Crippen LogP contribution in [0, 0.1) is 12.7 Å². The molecule has 0 fully saturated rings. The SMILES string of the molecule is Cc1csc(CCNC(=O)CCc2ccccc2F)n1. The van der Waals surface area contributed by atoms with Gasteiger partial charge in [-0.25, -0.2) is 9.37 Å². The zero-order valence-corrected chi connectivity index (χ0v) is 12.2. The number of amides is 1. The number of hydrogen-bond donors (Lipinski definition) is 1. The van der Waals surface area contributed by atoms with Gasteiger partial charge >= 0.3 is 0 Å². The van der Waals surface area contributed by atoms with Gasteiger partial charge in [0.15, 0.2) is 0 Å². The van der Waals surface area contributed by atoms with Gasteiger partial charge < -0.3 is 5.32 Å². The molecule has 0 spiro atoms. The lowest BCUT2D eigenvalue weighted by Gasteiger charge is -2.05. The number of carbonyl (C=O) groups is 1. The van der Waals surface area contributed by atoms with E-state index in [1.807, 2.05) is 12.3 Å². The second-order valence-electron chi connectivity index (χ2n) is 4.57. The lowest BCUT2D eigenvalue weighted by atomic mass is 10.1. The molecule has 1 aromatic heterocycles. The van der Waals surface area contributed by atoms with Gasteiger partial charge in [-0.3, -0.25) is 4.79 Å². The first-order valence-electron chi connectivity index (χ1n) is 6.56. The molecule has 1 amide bonds. The third-order valence-corrected chi connectivity index (χ3v) is 3.93. The quantitative estimate of drug-likeness (QED) is 0.889. The number of nitrogens with zero attached hydrogens (tertiary/aromatic N) is 1. The van der Waals surface area contributed by atoms with Crippen LogP contribution in [0.25, 0.3) is 0 Å². The summed E-state index contributed by atoms with van der Waals surface area (Å²) in [7, 11) is 0. The molecule has 2 rings (SSSR count). The van der Waals surface area contributed by atoms with Crippen molar-refractivity contribution in [1.29, 1.82) is 0 Å². The predicted octanol–water partition coefficient (Wildman–Crippen LogP) is 2.88. The van der Waals surface area contributed by atoms with Crippen LogP contribution in [-0.2, 0) is 17.6 Å². The summed E-state index contributed by atoms with van der Waals surface area (Å²) in [5.41, 5.74) is 1.59. The Balaban J connectivity index is 1.69. The van der Waals surface area contributed by atoms with E-state index in [0.29, 0.717) is 24.9 Å². The molecule has 1 aromatic carbocycles. The minimum absolute atomic E-state index is 0.0541. The van der Waals surface area contributed by atoms with Crippen molar-refractivity contribution in [3.63, 3.8) is 0 Å². The van der Waals surface area contributed by atoms with E-state index in [9.17, 15) is 9.18 Å². The van der Waals surface area contributed by atoms with Crippen molar-refractivity contribution in [2.45, 2.75) is 26.2 Å². The molecule has 0 aliphatic heterocycles. The van der Waals surface area contributed by atoms with E-state index in [1.165, 1.54) is 6.07 Å². The summed E-state index contributed by atoms with van der Waals surface area (Å²) in [5, 5.41) is 5.86. The smallest absolute Gasteiger partial charge is 0.220 e. The minimum atomic E-state index is -0.251. The maximum atomic E-state index is 13.4. The minimum Gasteiger partial charge on any atom is -0.356 e. The van der Waals surface area contributed by atoms with Crippen LogP contribution < -0.4 is 5.32 Å². The Morgan fingerprint density at radius 1 is 1.35 bits per heavy atom. The van der Waals surface area contributed by atoms with Crippen LogP contribution in [0.15, 0.2) is 29.6 Å². The van der Waals surface area contributed by atoms with Crippen molar-refractivity contribution in [2.75, 3.05) is 6.54 Å². The van der Waals surface area contributed by atoms with Gasteiger partial charge in [-0.05, 0) is 25.0 Å². The van der Waals surface area contributed by atoms with Crippen molar-refractivity contribution >= 4 is 17.2 Å². The van der Waals surface area contributed by atoms with Crippen LogP contribution in [0.2, 0.25) is 0 Å². The van der Waals surface area contributed by atoms with Crippen molar-refractivity contribution in [3.8, 4) is 0 Å². The van der Waals surface area contributed by atoms with E-state index in [-0.39, 0.29) is 11.7 Å². The lowest BCUT2D eigenvalue weighted by Crippen LogP contribution is -2.25. The zero-order valence-electron chi connectivity index (χ0n) is 11.4. The number of halogens is 1. The van der Waals surface area contributed by atoms with Crippen molar-refractivity contribution < 1.29 is 9.18 Å². The van der Waals surface area contributed by atoms with Crippen molar-refractivity contribution in [3.05, 3.63) is 51.7 Å². The van der Waals surface area contributed by atoms with E-state index in [0.717, 1.165) is 17.1 Å². The summed E-state index contributed by atoms with van der Waals surface area (Å²) < 4.78 is 13.4. The highest BCUT2D eigenvalue weighted by atomic mass is 32.1. The molecule has 0 saturated heterocycles. The molecule has 1 heterocycles. The standard InChI is InChI=1S/C15H17FN2OS/c1-11-10-20-15(18-11)8-9-17-14(19)7-6-12-4-2-3-5-13(12)16/h2-5,10H,6-9H2,1H3,(H,17,19). The first-order valence-corrected chi connectivity index (χ1v) is 7.44. The summed E-state index contributed by atoms with van der Waals surface area (Å²) in [6.07, 6.45) is 1.47. The molecule has 106 valence electrons. The molecule has 0 bridgehead atoms. The van der Waals surface area contributed by atoms with Gasteiger partial charge in [0.05, 0.1) is 5.01 Å². The fourth-order valence-corrected chi connectivity index (χ4v) is 2.64. The van der Waals surface area contributed by atoms with E-state index in [4.69, 9.17) is 0 Å². The Bertz CT molecular complexity index is 583. The van der Waals surface area contributed by atoms with Gasteiger partial charge in [-0.2, -0.15) is 0 Å². The van der Waals surface area contributed by atoms with Gasteiger partial charge in [-0.1, -0.05) is 18.2 Å². The number of carbonyl (C=O) groups excluding carboxylic acids is 1. The molecule has 20 heavy (non-hydrogen) atoms. The zero-order chi connectivity index (χ0) is 14.4. The summed E-state index contributed by atoms with van der Waals surface area (Å²) in [4.78, 5) is 16.0. The van der Waals surface area contributed by atoms with Crippen LogP contribution >= 0.6 is 11.3 Å². The average molecular weight is 292 g/mol. The second-order valence-corrected chi connectivity index (χ2v) is 5.52. The van der Waals surface area contributed by atoms with Gasteiger partial charge in [0.1, 0.15) is 5.82 Å². The Labute approximate surface area is 121 Å². The third-order valence-electron chi connectivity index (χ3n) is 2.91. The molecule has 2 aromatic rings. The van der Waals surface area contributed by atoms with Crippen molar-refractivity contribution in [1.82, 2.24) is 10.3 Å². The first kappa shape index (κ1) is 14.7. The van der Waals surface area contributed by atoms with E-state index < -0.39 is 0 Å². The number of nitrogens with one attached hydrogen (secondary N) is 1. The third kappa shape index (κ3) is 4.42. The first-order chi connectivity index (χ1) is 9.65. The fraction of sp³-hybridized carbons (Fsp3) is 0.333. The van der Waals surface area contributed by atoms with Crippen molar-refractivity contribution in [2.24, 2.45) is 0 Å². The molecule has 0 unspecified atom stereocenters. The molecule has 0 aliphatic rings. The molecule has 3 nitrogen and oxygen atoms in total. The Morgan fingerprint density at radius 2 is 2.15 bits per heavy atom. The summed E-state index contributed by atoms with van der Waals surface area (Å²) in [6.45, 7) is 2.52. The highest BCUT2D eigenvalue weighted by Gasteiger charge is 2.06. The Kier molecular flexibility index (Phi) is 5.24. The van der Waals surface area contributed by atoms with Crippen LogP contribution in [0.5, 0.6) is 0 Å². The largest absolute Gasteiger partial charge is 0.356 e. The van der Waals surface area contributed by atoms with E-state index in [2.05, 4.69) is 10.3 Å². The van der Waals surface area contributed by atoms with Crippen LogP contribution in [0.3, 0.4) is 0 Å². The molecule has 0 radical (unpaired) electrons. The number of aryl methyl sites for hydroxylation is 2. The topological polar surface area (TPSA) is 42.0 Å². The Morgan fingerprint density at radius 3 is 2.85 bits per heavy atom. The van der Waals surface area contributed by atoms with Crippen LogP contribution in [0.1, 0.15) is 22.7 Å². The molecular weight excluding hydrogens is 275 g/mol. The molecule has 0 atom stereocenters.